The van der Waals surface area contributed by atoms with Gasteiger partial charge in [-0.15, -0.1) is 0 Å². The lowest BCUT2D eigenvalue weighted by molar-refractivity contribution is -0.137. The summed E-state index contributed by atoms with van der Waals surface area (Å²) in [7, 11) is 0. The maximum absolute atomic E-state index is 13.0. The van der Waals surface area contributed by atoms with Gasteiger partial charge in [-0.25, -0.2) is 4.79 Å². The molecule has 0 bridgehead atoms. The van der Waals surface area contributed by atoms with Crippen molar-refractivity contribution in [2.45, 2.75) is 32.0 Å². The summed E-state index contributed by atoms with van der Waals surface area (Å²) in [5.74, 6) is 0.709. The summed E-state index contributed by atoms with van der Waals surface area (Å²) in [6.45, 7) is 3.92. The number of nitrogens with zero attached hydrogens (tertiary/aromatic N) is 1. The molecule has 0 saturated heterocycles. The van der Waals surface area contributed by atoms with E-state index in [1.807, 2.05) is 97.1 Å². The van der Waals surface area contributed by atoms with Crippen LogP contribution in [0.1, 0.15) is 39.8 Å². The SMILES string of the molecule is C=C(O)c1ccc(CCC(/C=C\c2ccccc2OCc2ccc(-c3ccc(C(F)(F)F)cc3)cc2)Cc2ccc(-c3noc(=O)[nH]3)cc2)cc1. The average Bonchev–Trinajstić information content (AvgIpc) is 3.58. The van der Waals surface area contributed by atoms with Crippen molar-refractivity contribution in [2.24, 2.45) is 5.92 Å². The number of aliphatic hydroxyl groups excluding tert-OH is 1. The predicted molar refractivity (Wildman–Crippen MR) is 193 cm³/mol. The third-order valence-corrected chi connectivity index (χ3v) is 8.62. The molecular weight excluding hydrogens is 653 g/mol. The molecule has 1 atom stereocenters. The van der Waals surface area contributed by atoms with Gasteiger partial charge in [0, 0.05) is 16.7 Å². The molecule has 6 nitrogen and oxygen atoms in total. The third-order valence-electron chi connectivity index (χ3n) is 8.62. The molecule has 1 heterocycles. The van der Waals surface area contributed by atoms with Crippen LogP contribution in [0.4, 0.5) is 13.2 Å². The first-order chi connectivity index (χ1) is 24.6. The fourth-order valence-electron chi connectivity index (χ4n) is 5.73. The fourth-order valence-corrected chi connectivity index (χ4v) is 5.73. The highest BCUT2D eigenvalue weighted by Crippen LogP contribution is 2.31. The Morgan fingerprint density at radius 3 is 2.06 bits per heavy atom. The molecule has 258 valence electrons. The summed E-state index contributed by atoms with van der Waals surface area (Å²) >= 11 is 0. The van der Waals surface area contributed by atoms with Crippen LogP contribution in [0.25, 0.3) is 34.3 Å². The van der Waals surface area contributed by atoms with Crippen molar-refractivity contribution in [3.63, 3.8) is 0 Å². The first-order valence-corrected chi connectivity index (χ1v) is 16.4. The molecule has 0 fully saturated rings. The van der Waals surface area contributed by atoms with E-state index in [1.54, 1.807) is 0 Å². The van der Waals surface area contributed by atoms with Crippen molar-refractivity contribution in [1.82, 2.24) is 10.1 Å². The number of allylic oxidation sites excluding steroid dienone is 1. The molecule has 0 radical (unpaired) electrons. The van der Waals surface area contributed by atoms with Crippen molar-refractivity contribution in [3.05, 3.63) is 178 Å². The Morgan fingerprint density at radius 1 is 0.824 bits per heavy atom. The van der Waals surface area contributed by atoms with Crippen LogP contribution in [0.15, 0.2) is 143 Å². The highest BCUT2D eigenvalue weighted by atomic mass is 19.4. The number of ether oxygens (including phenoxy) is 1. The Balaban J connectivity index is 1.14. The van der Waals surface area contributed by atoms with Crippen LogP contribution in [-0.4, -0.2) is 15.2 Å². The van der Waals surface area contributed by atoms with Crippen LogP contribution in [0.2, 0.25) is 0 Å². The van der Waals surface area contributed by atoms with Crippen LogP contribution >= 0.6 is 0 Å². The standard InChI is InChI=1S/C42H35F3N2O4/c1-28(48)33-15-8-29(9-16-33)6-7-30(26-31-11-20-37(21-12-31)40-46-41(49)51-47-40)10-19-36-4-2-3-5-39(36)50-27-32-13-17-34(18-14-32)35-22-24-38(25-23-35)42(43,44)45/h2-5,8-25,30,48H,1,6-7,26-27H2,(H,46,47,49)/b19-10-. The quantitative estimate of drug-likeness (QED) is 0.118. The molecule has 9 heteroatoms. The van der Waals surface area contributed by atoms with Crippen molar-refractivity contribution >= 4 is 11.8 Å². The third kappa shape index (κ3) is 9.33. The van der Waals surface area contributed by atoms with E-state index < -0.39 is 17.5 Å². The number of alkyl halides is 3. The van der Waals surface area contributed by atoms with Crippen molar-refractivity contribution in [3.8, 4) is 28.3 Å². The molecule has 51 heavy (non-hydrogen) atoms. The molecule has 6 aromatic rings. The Bertz CT molecular complexity index is 2150. The summed E-state index contributed by atoms with van der Waals surface area (Å²) in [5.41, 5.74) is 6.42. The molecule has 0 spiro atoms. The van der Waals surface area contributed by atoms with E-state index in [0.29, 0.717) is 23.6 Å². The monoisotopic (exact) mass is 688 g/mol. The topological polar surface area (TPSA) is 88.3 Å². The molecule has 6 rings (SSSR count). The van der Waals surface area contributed by atoms with Gasteiger partial charge < -0.3 is 9.84 Å². The normalized spacial score (nSPS) is 12.2. The van der Waals surface area contributed by atoms with Gasteiger partial charge in [-0.05, 0) is 71.2 Å². The second-order valence-electron chi connectivity index (χ2n) is 12.2. The summed E-state index contributed by atoms with van der Waals surface area (Å²) in [4.78, 5) is 14.0. The minimum Gasteiger partial charge on any atom is -0.508 e. The summed E-state index contributed by atoms with van der Waals surface area (Å²) < 4.78 is 49.8. The highest BCUT2D eigenvalue weighted by Gasteiger charge is 2.30. The van der Waals surface area contributed by atoms with Gasteiger partial charge >= 0.3 is 11.9 Å². The smallest absolute Gasteiger partial charge is 0.439 e. The molecule has 0 aliphatic carbocycles. The lowest BCUT2D eigenvalue weighted by Crippen LogP contribution is -2.04. The van der Waals surface area contributed by atoms with Gasteiger partial charge in [0.05, 0.1) is 5.56 Å². The van der Waals surface area contributed by atoms with E-state index in [0.717, 1.165) is 70.5 Å². The minimum absolute atomic E-state index is 0.0385. The van der Waals surface area contributed by atoms with Gasteiger partial charge in [-0.1, -0.05) is 127 Å². The number of aromatic nitrogens is 2. The number of H-pyrrole nitrogens is 1. The number of aromatic amines is 1. The van der Waals surface area contributed by atoms with Crippen LogP contribution in [0.5, 0.6) is 5.75 Å². The number of halogens is 3. The molecule has 0 amide bonds. The van der Waals surface area contributed by atoms with Crippen molar-refractivity contribution in [1.29, 1.82) is 0 Å². The molecule has 1 aromatic heterocycles. The van der Waals surface area contributed by atoms with Crippen LogP contribution in [0, 0.1) is 5.92 Å². The Hall–Kier alpha value is -6.09. The van der Waals surface area contributed by atoms with E-state index in [2.05, 4.69) is 33.4 Å². The molecule has 0 saturated carbocycles. The zero-order valence-corrected chi connectivity index (χ0v) is 27.6. The molecule has 5 aromatic carbocycles. The Labute approximate surface area is 293 Å². The first kappa shape index (κ1) is 34.8. The summed E-state index contributed by atoms with van der Waals surface area (Å²) in [5, 5.41) is 13.5. The van der Waals surface area contributed by atoms with Crippen LogP contribution in [-0.2, 0) is 25.6 Å². The van der Waals surface area contributed by atoms with Crippen LogP contribution in [0.3, 0.4) is 0 Å². The largest absolute Gasteiger partial charge is 0.508 e. The minimum atomic E-state index is -4.37. The fraction of sp³-hybridized carbons (Fsp3) is 0.143. The number of aliphatic hydroxyl groups is 1. The summed E-state index contributed by atoms with van der Waals surface area (Å²) in [6, 6.07) is 36.1. The van der Waals surface area contributed by atoms with Gasteiger partial charge in [0.15, 0.2) is 5.82 Å². The predicted octanol–water partition coefficient (Wildman–Crippen LogP) is 10.3. The lowest BCUT2D eigenvalue weighted by atomic mass is 9.91. The maximum Gasteiger partial charge on any atom is 0.439 e. The van der Waals surface area contributed by atoms with E-state index in [4.69, 9.17) is 4.74 Å². The number of para-hydroxylation sites is 1. The number of aryl methyl sites for hydroxylation is 1. The number of nitrogens with one attached hydrogen (secondary N) is 1. The average molecular weight is 689 g/mol. The van der Waals surface area contributed by atoms with Gasteiger partial charge in [-0.3, -0.25) is 9.51 Å². The van der Waals surface area contributed by atoms with Crippen molar-refractivity contribution in [2.75, 3.05) is 0 Å². The molecule has 0 aliphatic heterocycles. The second kappa shape index (κ2) is 15.6. The first-order valence-electron chi connectivity index (χ1n) is 16.4. The number of benzene rings is 5. The van der Waals surface area contributed by atoms with Gasteiger partial charge in [0.2, 0.25) is 0 Å². The maximum atomic E-state index is 13.0. The second-order valence-corrected chi connectivity index (χ2v) is 12.2. The number of hydrogen-bond acceptors (Lipinski definition) is 5. The van der Waals surface area contributed by atoms with E-state index in [1.165, 1.54) is 12.1 Å². The zero-order valence-electron chi connectivity index (χ0n) is 27.6. The van der Waals surface area contributed by atoms with Gasteiger partial charge in [-0.2, -0.15) is 13.2 Å². The van der Waals surface area contributed by atoms with E-state index in [9.17, 15) is 23.1 Å². The van der Waals surface area contributed by atoms with Gasteiger partial charge in [0.1, 0.15) is 18.1 Å². The number of hydrogen-bond donors (Lipinski definition) is 2. The van der Waals surface area contributed by atoms with Gasteiger partial charge in [0.25, 0.3) is 0 Å². The van der Waals surface area contributed by atoms with Crippen molar-refractivity contribution < 1.29 is 27.5 Å². The van der Waals surface area contributed by atoms with E-state index in [-0.39, 0.29) is 11.7 Å². The van der Waals surface area contributed by atoms with Crippen LogP contribution < -0.4 is 10.5 Å². The van der Waals surface area contributed by atoms with E-state index >= 15 is 0 Å². The zero-order chi connectivity index (χ0) is 35.8. The highest BCUT2D eigenvalue weighted by molar-refractivity contribution is 5.64. The summed E-state index contributed by atoms with van der Waals surface area (Å²) in [6.07, 6.45) is 2.38. The Morgan fingerprint density at radius 2 is 1.43 bits per heavy atom. The molecule has 0 aliphatic rings. The lowest BCUT2D eigenvalue weighted by Gasteiger charge is -2.15. The molecule has 2 N–H and O–H groups in total. The molecular formula is C42H35F3N2O4. The number of rotatable bonds is 13. The molecule has 1 unspecified atom stereocenters. The Kier molecular flexibility index (Phi) is 10.7.